The van der Waals surface area contributed by atoms with E-state index in [2.05, 4.69) is 33.2 Å². The van der Waals surface area contributed by atoms with Crippen LogP contribution in [-0.4, -0.2) is 54.1 Å². The van der Waals surface area contributed by atoms with Crippen LogP contribution in [0.15, 0.2) is 24.3 Å². The highest BCUT2D eigenvalue weighted by atomic mass is 127. The van der Waals surface area contributed by atoms with Gasteiger partial charge in [0.25, 0.3) is 5.91 Å². The molecule has 1 aliphatic rings. The van der Waals surface area contributed by atoms with E-state index in [9.17, 15) is 14.4 Å². The molecule has 2 N–H and O–H groups in total. The summed E-state index contributed by atoms with van der Waals surface area (Å²) < 4.78 is 6.03. The normalized spacial score (nSPS) is 15.2. The number of halogens is 1. The maximum Gasteiger partial charge on any atom is 0.408 e. The standard InChI is InChI=1S/C19H26IN3O4/c1-19(2,3)27-18(26)21-12-16(24)22-13-8-10-23(11-9-13)17(25)14-6-4-5-7-15(14)20/h4-7,13H,8-12H2,1-3H3,(H,21,26)(H,22,24). The average Bonchev–Trinajstić information content (AvgIpc) is 2.59. The van der Waals surface area contributed by atoms with E-state index in [-0.39, 0.29) is 24.4 Å². The molecule has 2 rings (SSSR count). The summed E-state index contributed by atoms with van der Waals surface area (Å²) in [7, 11) is 0. The fourth-order valence-corrected chi connectivity index (χ4v) is 3.40. The number of rotatable bonds is 4. The van der Waals surface area contributed by atoms with Crippen LogP contribution in [0, 0.1) is 3.57 Å². The number of nitrogens with one attached hydrogen (secondary N) is 2. The highest BCUT2D eigenvalue weighted by Crippen LogP contribution is 2.18. The van der Waals surface area contributed by atoms with Crippen LogP contribution in [0.25, 0.3) is 0 Å². The van der Waals surface area contributed by atoms with E-state index in [1.807, 2.05) is 29.2 Å². The molecular formula is C19H26IN3O4. The molecule has 1 heterocycles. The van der Waals surface area contributed by atoms with Crippen LogP contribution >= 0.6 is 22.6 Å². The van der Waals surface area contributed by atoms with Gasteiger partial charge in [-0.05, 0) is 68.3 Å². The van der Waals surface area contributed by atoms with Crippen LogP contribution in [-0.2, 0) is 9.53 Å². The number of hydrogen-bond donors (Lipinski definition) is 2. The van der Waals surface area contributed by atoms with Crippen molar-refractivity contribution in [2.45, 2.75) is 45.3 Å². The van der Waals surface area contributed by atoms with Gasteiger partial charge in [0, 0.05) is 22.7 Å². The highest BCUT2D eigenvalue weighted by molar-refractivity contribution is 14.1. The Hall–Kier alpha value is -1.84. The summed E-state index contributed by atoms with van der Waals surface area (Å²) in [4.78, 5) is 38.0. The van der Waals surface area contributed by atoms with Crippen molar-refractivity contribution in [3.63, 3.8) is 0 Å². The molecule has 1 aliphatic heterocycles. The first-order valence-corrected chi connectivity index (χ1v) is 10.0. The number of alkyl carbamates (subject to hydrolysis) is 1. The Labute approximate surface area is 173 Å². The lowest BCUT2D eigenvalue weighted by atomic mass is 10.0. The van der Waals surface area contributed by atoms with Crippen molar-refractivity contribution in [3.8, 4) is 0 Å². The van der Waals surface area contributed by atoms with Crippen LogP contribution in [0.4, 0.5) is 4.79 Å². The number of benzene rings is 1. The lowest BCUT2D eigenvalue weighted by Gasteiger charge is -2.32. The minimum atomic E-state index is -0.615. The van der Waals surface area contributed by atoms with E-state index in [4.69, 9.17) is 4.74 Å². The van der Waals surface area contributed by atoms with Crippen molar-refractivity contribution in [2.24, 2.45) is 0 Å². The largest absolute Gasteiger partial charge is 0.444 e. The molecule has 1 aromatic carbocycles. The molecule has 0 aromatic heterocycles. The Bertz CT molecular complexity index is 694. The molecule has 1 aromatic rings. The van der Waals surface area contributed by atoms with Gasteiger partial charge in [-0.25, -0.2) is 4.79 Å². The van der Waals surface area contributed by atoms with E-state index in [0.29, 0.717) is 31.5 Å². The fraction of sp³-hybridized carbons (Fsp3) is 0.526. The van der Waals surface area contributed by atoms with Crippen LogP contribution < -0.4 is 10.6 Å². The number of ether oxygens (including phenoxy) is 1. The maximum absolute atomic E-state index is 12.6. The lowest BCUT2D eigenvalue weighted by Crippen LogP contribution is -2.49. The monoisotopic (exact) mass is 487 g/mol. The number of piperidine rings is 1. The summed E-state index contributed by atoms with van der Waals surface area (Å²) in [6.07, 6.45) is 0.760. The number of hydrogen-bond acceptors (Lipinski definition) is 4. The Morgan fingerprint density at radius 2 is 1.81 bits per heavy atom. The zero-order chi connectivity index (χ0) is 20.0. The molecule has 0 radical (unpaired) electrons. The van der Waals surface area contributed by atoms with Crippen molar-refractivity contribution in [1.29, 1.82) is 0 Å². The van der Waals surface area contributed by atoms with Gasteiger partial charge in [-0.2, -0.15) is 0 Å². The van der Waals surface area contributed by atoms with Crippen LogP contribution in [0.2, 0.25) is 0 Å². The molecule has 3 amide bonds. The second-order valence-corrected chi connectivity index (χ2v) is 8.63. The Morgan fingerprint density at radius 3 is 2.41 bits per heavy atom. The Kier molecular flexibility index (Phi) is 7.46. The molecule has 0 atom stereocenters. The molecule has 1 saturated heterocycles. The predicted octanol–water partition coefficient (Wildman–Crippen LogP) is 2.54. The van der Waals surface area contributed by atoms with Crippen molar-refractivity contribution >= 4 is 40.5 Å². The summed E-state index contributed by atoms with van der Waals surface area (Å²) in [5.74, 6) is -0.236. The van der Waals surface area contributed by atoms with Gasteiger partial charge in [-0.1, -0.05) is 12.1 Å². The molecule has 8 heteroatoms. The topological polar surface area (TPSA) is 87.7 Å². The van der Waals surface area contributed by atoms with Gasteiger partial charge in [0.05, 0.1) is 5.56 Å². The van der Waals surface area contributed by atoms with Crippen molar-refractivity contribution in [2.75, 3.05) is 19.6 Å². The third-order valence-corrected chi connectivity index (χ3v) is 4.98. The molecular weight excluding hydrogens is 461 g/mol. The lowest BCUT2D eigenvalue weighted by molar-refractivity contribution is -0.121. The highest BCUT2D eigenvalue weighted by Gasteiger charge is 2.25. The first-order valence-electron chi connectivity index (χ1n) is 8.96. The Balaban J connectivity index is 1.74. The summed E-state index contributed by atoms with van der Waals surface area (Å²) >= 11 is 2.16. The number of amides is 3. The second-order valence-electron chi connectivity index (χ2n) is 7.47. The minimum Gasteiger partial charge on any atom is -0.444 e. The number of likely N-dealkylation sites (tertiary alicyclic amines) is 1. The summed E-state index contributed by atoms with van der Waals surface area (Å²) in [6.45, 7) is 6.34. The van der Waals surface area contributed by atoms with Gasteiger partial charge >= 0.3 is 6.09 Å². The molecule has 0 bridgehead atoms. The van der Waals surface area contributed by atoms with Gasteiger partial charge in [0.2, 0.25) is 5.91 Å². The van der Waals surface area contributed by atoms with E-state index < -0.39 is 11.7 Å². The first kappa shape index (κ1) is 21.5. The van der Waals surface area contributed by atoms with E-state index >= 15 is 0 Å². The third-order valence-electron chi connectivity index (χ3n) is 4.04. The summed E-state index contributed by atoms with van der Waals surface area (Å²) in [5, 5.41) is 5.34. The first-order chi connectivity index (χ1) is 12.7. The van der Waals surface area contributed by atoms with Gasteiger partial charge < -0.3 is 20.3 Å². The van der Waals surface area contributed by atoms with Gasteiger partial charge in [0.15, 0.2) is 0 Å². The fourth-order valence-electron chi connectivity index (χ4n) is 2.78. The van der Waals surface area contributed by atoms with E-state index in [0.717, 1.165) is 3.57 Å². The quantitative estimate of drug-likeness (QED) is 0.640. The SMILES string of the molecule is CC(C)(C)OC(=O)NCC(=O)NC1CCN(C(=O)c2ccccc2I)CC1. The summed E-state index contributed by atoms with van der Waals surface area (Å²) in [5.41, 5.74) is 0.110. The van der Waals surface area contributed by atoms with Crippen LogP contribution in [0.3, 0.4) is 0 Å². The zero-order valence-electron chi connectivity index (χ0n) is 15.9. The average molecular weight is 487 g/mol. The van der Waals surface area contributed by atoms with Crippen LogP contribution in [0.5, 0.6) is 0 Å². The predicted molar refractivity (Wildman–Crippen MR) is 110 cm³/mol. The molecule has 0 spiro atoms. The smallest absolute Gasteiger partial charge is 0.408 e. The Morgan fingerprint density at radius 1 is 1.19 bits per heavy atom. The zero-order valence-corrected chi connectivity index (χ0v) is 18.0. The number of nitrogens with zero attached hydrogens (tertiary/aromatic N) is 1. The van der Waals surface area contributed by atoms with E-state index in [1.165, 1.54) is 0 Å². The van der Waals surface area contributed by atoms with Gasteiger partial charge in [-0.15, -0.1) is 0 Å². The van der Waals surface area contributed by atoms with Crippen molar-refractivity contribution in [1.82, 2.24) is 15.5 Å². The molecule has 148 valence electrons. The van der Waals surface area contributed by atoms with Crippen molar-refractivity contribution < 1.29 is 19.1 Å². The third kappa shape index (κ3) is 7.00. The van der Waals surface area contributed by atoms with Gasteiger partial charge in [0.1, 0.15) is 12.1 Å². The number of carbonyl (C=O) groups excluding carboxylic acids is 3. The van der Waals surface area contributed by atoms with Crippen molar-refractivity contribution in [3.05, 3.63) is 33.4 Å². The molecule has 0 saturated carbocycles. The molecule has 0 aliphatic carbocycles. The molecule has 1 fully saturated rings. The summed E-state index contributed by atoms with van der Waals surface area (Å²) in [6, 6.07) is 7.52. The molecule has 27 heavy (non-hydrogen) atoms. The van der Waals surface area contributed by atoms with Crippen LogP contribution in [0.1, 0.15) is 44.0 Å². The maximum atomic E-state index is 12.6. The van der Waals surface area contributed by atoms with E-state index in [1.54, 1.807) is 20.8 Å². The van der Waals surface area contributed by atoms with Gasteiger partial charge in [-0.3, -0.25) is 9.59 Å². The minimum absolute atomic E-state index is 0.00293. The second kappa shape index (κ2) is 9.38. The molecule has 7 nitrogen and oxygen atoms in total. The molecule has 0 unspecified atom stereocenters. The number of carbonyl (C=O) groups is 3.